The van der Waals surface area contributed by atoms with Crippen LogP contribution in [0.3, 0.4) is 0 Å². The van der Waals surface area contributed by atoms with Gasteiger partial charge in [-0.15, -0.1) is 0 Å². The molecule has 78 valence electrons. The van der Waals surface area contributed by atoms with Crippen LogP contribution >= 0.6 is 0 Å². The quantitative estimate of drug-likeness (QED) is 0.833. The molecule has 0 aliphatic rings. The van der Waals surface area contributed by atoms with Crippen LogP contribution in [-0.2, 0) is 11.2 Å². The zero-order valence-corrected chi connectivity index (χ0v) is 8.36. The Bertz CT molecular complexity index is 502. The summed E-state index contributed by atoms with van der Waals surface area (Å²) in [6, 6.07) is 5.70. The van der Waals surface area contributed by atoms with Crippen LogP contribution in [0, 0.1) is 6.92 Å². The number of fused-ring (bicyclic) bond motifs is 1. The zero-order chi connectivity index (χ0) is 10.8. The highest BCUT2D eigenvalue weighted by Gasteiger charge is 2.08. The molecule has 0 saturated carbocycles. The summed E-state index contributed by atoms with van der Waals surface area (Å²) in [4.78, 5) is 14.6. The van der Waals surface area contributed by atoms with Crippen LogP contribution in [0.1, 0.15) is 17.9 Å². The molecule has 1 N–H and O–H groups in total. The van der Waals surface area contributed by atoms with Gasteiger partial charge in [-0.25, -0.2) is 4.98 Å². The van der Waals surface area contributed by atoms with Crippen LogP contribution < -0.4 is 0 Å². The first-order valence-electron chi connectivity index (χ1n) is 4.73. The summed E-state index contributed by atoms with van der Waals surface area (Å²) in [7, 11) is 0. The maximum atomic E-state index is 10.4. The number of para-hydroxylation sites is 1. The highest BCUT2D eigenvalue weighted by molar-refractivity contribution is 5.76. The van der Waals surface area contributed by atoms with Crippen LogP contribution in [0.4, 0.5) is 0 Å². The summed E-state index contributed by atoms with van der Waals surface area (Å²) in [5.41, 5.74) is 2.55. The molecule has 0 aliphatic heterocycles. The average Bonchev–Trinajstić information content (AvgIpc) is 2.59. The third-order valence-corrected chi connectivity index (χ3v) is 2.21. The van der Waals surface area contributed by atoms with Gasteiger partial charge in [-0.3, -0.25) is 4.79 Å². The number of aryl methyl sites for hydroxylation is 2. The lowest BCUT2D eigenvalue weighted by molar-refractivity contribution is -0.137. The van der Waals surface area contributed by atoms with Gasteiger partial charge in [0.1, 0.15) is 5.52 Å². The zero-order valence-electron chi connectivity index (χ0n) is 8.36. The molecule has 15 heavy (non-hydrogen) atoms. The number of hydrogen-bond acceptors (Lipinski definition) is 3. The fourth-order valence-electron chi connectivity index (χ4n) is 1.45. The van der Waals surface area contributed by atoms with E-state index in [1.165, 1.54) is 0 Å². The number of rotatable bonds is 3. The maximum Gasteiger partial charge on any atom is 0.303 e. The second-order valence-electron chi connectivity index (χ2n) is 3.42. The molecule has 2 aromatic rings. The van der Waals surface area contributed by atoms with Gasteiger partial charge in [0.2, 0.25) is 0 Å². The van der Waals surface area contributed by atoms with Crippen molar-refractivity contribution in [2.24, 2.45) is 0 Å². The molecule has 0 aliphatic carbocycles. The van der Waals surface area contributed by atoms with Crippen molar-refractivity contribution in [2.45, 2.75) is 19.8 Å². The van der Waals surface area contributed by atoms with E-state index in [1.54, 1.807) is 0 Å². The molecule has 4 heteroatoms. The first-order valence-corrected chi connectivity index (χ1v) is 4.73. The van der Waals surface area contributed by atoms with Gasteiger partial charge in [0.25, 0.3) is 0 Å². The predicted molar refractivity (Wildman–Crippen MR) is 54.7 cm³/mol. The molecule has 0 fully saturated rings. The van der Waals surface area contributed by atoms with Crippen LogP contribution in [0.5, 0.6) is 0 Å². The summed E-state index contributed by atoms with van der Waals surface area (Å²) in [5, 5.41) is 8.53. The van der Waals surface area contributed by atoms with Gasteiger partial charge >= 0.3 is 5.97 Å². The Balaban J connectivity index is 2.31. The largest absolute Gasteiger partial charge is 0.481 e. The summed E-state index contributed by atoms with van der Waals surface area (Å²) in [5.74, 6) is -0.351. The minimum Gasteiger partial charge on any atom is -0.481 e. The number of carboxylic acid groups (broad SMARTS) is 1. The molecule has 0 amide bonds. The topological polar surface area (TPSA) is 63.3 Å². The Kier molecular flexibility index (Phi) is 2.41. The molecule has 0 spiro atoms. The summed E-state index contributed by atoms with van der Waals surface area (Å²) in [6.07, 6.45) is 0.384. The molecule has 0 atom stereocenters. The van der Waals surface area contributed by atoms with Crippen molar-refractivity contribution in [1.29, 1.82) is 0 Å². The second-order valence-corrected chi connectivity index (χ2v) is 3.42. The van der Waals surface area contributed by atoms with Crippen LogP contribution in [-0.4, -0.2) is 16.1 Å². The third kappa shape index (κ3) is 1.98. The Morgan fingerprint density at radius 2 is 2.33 bits per heavy atom. The van der Waals surface area contributed by atoms with Crippen molar-refractivity contribution in [3.05, 3.63) is 29.7 Å². The highest BCUT2D eigenvalue weighted by Crippen LogP contribution is 2.19. The molecular formula is C11H11NO3. The van der Waals surface area contributed by atoms with Gasteiger partial charge in [0, 0.05) is 6.42 Å². The predicted octanol–water partition coefficient (Wildman–Crippen LogP) is 2.15. The minimum atomic E-state index is -0.839. The summed E-state index contributed by atoms with van der Waals surface area (Å²) < 4.78 is 5.47. The van der Waals surface area contributed by atoms with E-state index in [4.69, 9.17) is 9.52 Å². The Morgan fingerprint density at radius 1 is 1.53 bits per heavy atom. The number of aliphatic carboxylic acids is 1. The molecule has 0 unspecified atom stereocenters. The van der Waals surface area contributed by atoms with Gasteiger partial charge in [-0.2, -0.15) is 0 Å². The van der Waals surface area contributed by atoms with Crippen molar-refractivity contribution in [3.8, 4) is 0 Å². The Labute approximate surface area is 86.5 Å². The minimum absolute atomic E-state index is 0.0475. The van der Waals surface area contributed by atoms with Gasteiger partial charge in [0.05, 0.1) is 6.42 Å². The lowest BCUT2D eigenvalue weighted by atomic mass is 10.2. The molecule has 0 bridgehead atoms. The first-order chi connectivity index (χ1) is 7.16. The first kappa shape index (κ1) is 9.71. The van der Waals surface area contributed by atoms with Gasteiger partial charge < -0.3 is 9.52 Å². The molecule has 1 aromatic carbocycles. The van der Waals surface area contributed by atoms with Crippen molar-refractivity contribution >= 4 is 17.1 Å². The molecule has 1 heterocycles. The van der Waals surface area contributed by atoms with Crippen LogP contribution in [0.2, 0.25) is 0 Å². The second kappa shape index (κ2) is 3.73. The maximum absolute atomic E-state index is 10.4. The SMILES string of the molecule is Cc1cccc2nc(CCC(=O)O)oc12. The number of carboxylic acids is 1. The molecule has 0 radical (unpaired) electrons. The summed E-state index contributed by atoms with van der Waals surface area (Å²) in [6.45, 7) is 1.94. The normalized spacial score (nSPS) is 10.7. The highest BCUT2D eigenvalue weighted by atomic mass is 16.4. The van der Waals surface area contributed by atoms with Crippen LogP contribution in [0.25, 0.3) is 11.1 Å². The molecule has 2 rings (SSSR count). The fourth-order valence-corrected chi connectivity index (χ4v) is 1.45. The van der Waals surface area contributed by atoms with E-state index in [9.17, 15) is 4.79 Å². The van der Waals surface area contributed by atoms with E-state index < -0.39 is 5.97 Å². The number of aromatic nitrogens is 1. The van der Waals surface area contributed by atoms with Crippen molar-refractivity contribution in [3.63, 3.8) is 0 Å². The Morgan fingerprint density at radius 3 is 3.00 bits per heavy atom. The lowest BCUT2D eigenvalue weighted by Gasteiger charge is -1.90. The van der Waals surface area contributed by atoms with Gasteiger partial charge in [0.15, 0.2) is 11.5 Å². The van der Waals surface area contributed by atoms with Gasteiger partial charge in [-0.1, -0.05) is 12.1 Å². The number of nitrogens with zero attached hydrogens (tertiary/aromatic N) is 1. The van der Waals surface area contributed by atoms with E-state index in [0.29, 0.717) is 12.3 Å². The number of benzene rings is 1. The van der Waals surface area contributed by atoms with Crippen molar-refractivity contribution in [2.75, 3.05) is 0 Å². The van der Waals surface area contributed by atoms with E-state index in [0.717, 1.165) is 16.7 Å². The molecule has 1 aromatic heterocycles. The fraction of sp³-hybridized carbons (Fsp3) is 0.273. The smallest absolute Gasteiger partial charge is 0.303 e. The number of oxazole rings is 1. The molecular weight excluding hydrogens is 194 g/mol. The monoisotopic (exact) mass is 205 g/mol. The third-order valence-electron chi connectivity index (χ3n) is 2.21. The summed E-state index contributed by atoms with van der Waals surface area (Å²) >= 11 is 0. The Hall–Kier alpha value is -1.84. The molecule has 0 saturated heterocycles. The average molecular weight is 205 g/mol. The molecule has 4 nitrogen and oxygen atoms in total. The van der Waals surface area contributed by atoms with E-state index in [1.807, 2.05) is 25.1 Å². The van der Waals surface area contributed by atoms with E-state index in [-0.39, 0.29) is 6.42 Å². The van der Waals surface area contributed by atoms with Crippen LogP contribution in [0.15, 0.2) is 22.6 Å². The van der Waals surface area contributed by atoms with E-state index >= 15 is 0 Å². The van der Waals surface area contributed by atoms with Gasteiger partial charge in [-0.05, 0) is 18.6 Å². The van der Waals surface area contributed by atoms with Crippen molar-refractivity contribution < 1.29 is 14.3 Å². The lowest BCUT2D eigenvalue weighted by Crippen LogP contribution is -1.97. The van der Waals surface area contributed by atoms with Crippen molar-refractivity contribution in [1.82, 2.24) is 4.98 Å². The number of carbonyl (C=O) groups is 1. The number of hydrogen-bond donors (Lipinski definition) is 1. The van der Waals surface area contributed by atoms with E-state index in [2.05, 4.69) is 4.98 Å². The standard InChI is InChI=1S/C11H11NO3/c1-7-3-2-4-8-11(7)15-9(12-8)5-6-10(13)14/h2-4H,5-6H2,1H3,(H,13,14).